The van der Waals surface area contributed by atoms with Crippen molar-refractivity contribution in [3.05, 3.63) is 228 Å². The molecule has 1 aromatic heterocycles. The van der Waals surface area contributed by atoms with Gasteiger partial charge in [0.1, 0.15) is 6.07 Å². The van der Waals surface area contributed by atoms with E-state index in [1.807, 2.05) is 42.5 Å². The topological polar surface area (TPSA) is 55.8 Å². The summed E-state index contributed by atoms with van der Waals surface area (Å²) in [5.41, 5.74) is 13.1. The summed E-state index contributed by atoms with van der Waals surface area (Å²) < 4.78 is 2.20. The van der Waals surface area contributed by atoms with Crippen LogP contribution in [0.5, 0.6) is 0 Å². The highest BCUT2D eigenvalue weighted by atomic mass is 15.2. The Morgan fingerprint density at radius 2 is 0.964 bits per heavy atom. The molecule has 0 spiro atoms. The lowest BCUT2D eigenvalue weighted by molar-refractivity contribution is 0.731. The molecule has 0 radical (unpaired) electrons. The van der Waals surface area contributed by atoms with Gasteiger partial charge in [0.25, 0.3) is 0 Å². The normalized spacial score (nSPS) is 12.8. The van der Waals surface area contributed by atoms with E-state index >= 15 is 0 Å². The molecule has 0 N–H and O–H groups in total. The first-order valence-corrected chi connectivity index (χ1v) is 18.4. The summed E-state index contributed by atoms with van der Waals surface area (Å²) in [5.74, 6) is 0. The van der Waals surface area contributed by atoms with E-state index in [1.54, 1.807) is 0 Å². The van der Waals surface area contributed by atoms with E-state index in [0.29, 0.717) is 11.1 Å². The molecule has 0 saturated heterocycles. The van der Waals surface area contributed by atoms with Gasteiger partial charge in [0.05, 0.1) is 56.4 Å². The van der Waals surface area contributed by atoms with Crippen molar-refractivity contribution >= 4 is 38.9 Å². The van der Waals surface area contributed by atoms with Gasteiger partial charge < -0.3 is 9.47 Å². The summed E-state index contributed by atoms with van der Waals surface area (Å²) >= 11 is 0. The number of para-hydroxylation sites is 5. The second kappa shape index (κ2) is 12.8. The number of hydrogen-bond acceptors (Lipinski definition) is 3. The molecule has 8 aromatic carbocycles. The van der Waals surface area contributed by atoms with Gasteiger partial charge in [0.2, 0.25) is 0 Å². The van der Waals surface area contributed by atoms with Crippen molar-refractivity contribution < 1.29 is 0 Å². The van der Waals surface area contributed by atoms with Crippen molar-refractivity contribution in [3.63, 3.8) is 0 Å². The van der Waals surface area contributed by atoms with E-state index in [0.717, 1.165) is 55.7 Å². The molecule has 55 heavy (non-hydrogen) atoms. The summed E-state index contributed by atoms with van der Waals surface area (Å²) in [6.07, 6.45) is 0. The van der Waals surface area contributed by atoms with E-state index in [9.17, 15) is 10.5 Å². The van der Waals surface area contributed by atoms with Gasteiger partial charge >= 0.3 is 0 Å². The van der Waals surface area contributed by atoms with Gasteiger partial charge in [-0.15, -0.1) is 0 Å². The fraction of sp³-hybridized carbons (Fsp3) is 0.0196. The largest absolute Gasteiger partial charge is 0.309 e. The first-order chi connectivity index (χ1) is 27.2. The van der Waals surface area contributed by atoms with Crippen LogP contribution in [0.2, 0.25) is 0 Å². The molecule has 9 aromatic rings. The molecule has 0 aliphatic carbocycles. The quantitative estimate of drug-likeness (QED) is 0.180. The Morgan fingerprint density at radius 3 is 1.62 bits per heavy atom. The number of nitriles is 2. The van der Waals surface area contributed by atoms with Crippen molar-refractivity contribution in [2.45, 2.75) is 5.41 Å². The van der Waals surface area contributed by atoms with Crippen LogP contribution in [0.15, 0.2) is 194 Å². The van der Waals surface area contributed by atoms with Crippen LogP contribution in [0.1, 0.15) is 33.4 Å². The Morgan fingerprint density at radius 1 is 0.418 bits per heavy atom. The minimum Gasteiger partial charge on any atom is -0.309 e. The Labute approximate surface area is 319 Å². The lowest BCUT2D eigenvalue weighted by Gasteiger charge is -2.46. The van der Waals surface area contributed by atoms with E-state index in [-0.39, 0.29) is 0 Å². The molecule has 4 nitrogen and oxygen atoms in total. The van der Waals surface area contributed by atoms with Crippen LogP contribution < -0.4 is 4.90 Å². The van der Waals surface area contributed by atoms with Crippen LogP contribution in [-0.4, -0.2) is 4.57 Å². The average molecular weight is 701 g/mol. The minimum absolute atomic E-state index is 0.561. The zero-order chi connectivity index (χ0) is 36.9. The van der Waals surface area contributed by atoms with E-state index in [2.05, 4.69) is 173 Å². The molecule has 0 amide bonds. The van der Waals surface area contributed by atoms with Gasteiger partial charge in [-0.05, 0) is 70.8 Å². The van der Waals surface area contributed by atoms with Gasteiger partial charge in [0, 0.05) is 21.9 Å². The van der Waals surface area contributed by atoms with Crippen LogP contribution in [0.3, 0.4) is 0 Å². The number of benzene rings is 8. The predicted octanol–water partition coefficient (Wildman–Crippen LogP) is 12.4. The molecular formula is C51H32N4. The smallest absolute Gasteiger partial charge is 0.101 e. The fourth-order valence-corrected chi connectivity index (χ4v) is 8.94. The number of rotatable bonds is 5. The molecule has 0 bridgehead atoms. The van der Waals surface area contributed by atoms with E-state index in [1.165, 1.54) is 22.3 Å². The summed E-state index contributed by atoms with van der Waals surface area (Å²) in [6.45, 7) is 0. The van der Waals surface area contributed by atoms with Gasteiger partial charge in [-0.1, -0.05) is 146 Å². The monoisotopic (exact) mass is 700 g/mol. The zero-order valence-corrected chi connectivity index (χ0v) is 29.8. The highest BCUT2D eigenvalue weighted by molar-refractivity contribution is 6.10. The molecule has 4 heteroatoms. The number of fused-ring (bicyclic) bond motifs is 5. The number of anilines is 3. The van der Waals surface area contributed by atoms with Crippen LogP contribution in [0.4, 0.5) is 17.1 Å². The number of hydrogen-bond donors (Lipinski definition) is 0. The van der Waals surface area contributed by atoms with Crippen LogP contribution in [0, 0.1) is 22.7 Å². The summed E-state index contributed by atoms with van der Waals surface area (Å²) in [4.78, 5) is 2.40. The average Bonchev–Trinajstić information content (AvgIpc) is 3.59. The van der Waals surface area contributed by atoms with Crippen molar-refractivity contribution in [1.82, 2.24) is 4.57 Å². The highest BCUT2D eigenvalue weighted by Crippen LogP contribution is 2.58. The molecule has 2 heterocycles. The summed E-state index contributed by atoms with van der Waals surface area (Å²) in [5, 5.41) is 22.6. The third-order valence-corrected chi connectivity index (χ3v) is 11.1. The Bertz CT molecular complexity index is 2930. The Balaban J connectivity index is 1.28. The lowest BCUT2D eigenvalue weighted by atomic mass is 9.62. The van der Waals surface area contributed by atoms with Crippen molar-refractivity contribution in [2.24, 2.45) is 0 Å². The molecule has 256 valence electrons. The van der Waals surface area contributed by atoms with E-state index in [4.69, 9.17) is 0 Å². The molecule has 1 aliphatic rings. The molecule has 0 saturated carbocycles. The second-order valence-corrected chi connectivity index (χ2v) is 13.9. The maximum Gasteiger partial charge on any atom is 0.101 e. The SMILES string of the molecule is N#Cc1ccc2c(c1)c1ccccc1n2-c1c(C#N)cccc1-c1ccccc1N1c2ccccc2C(c2ccccc2)(c2ccccc2)c2ccccc21. The van der Waals surface area contributed by atoms with Gasteiger partial charge in [-0.3, -0.25) is 0 Å². The minimum atomic E-state index is -0.585. The third-order valence-electron chi connectivity index (χ3n) is 11.1. The third kappa shape index (κ3) is 4.69. The molecular weight excluding hydrogens is 669 g/mol. The maximum atomic E-state index is 10.8. The molecule has 0 fully saturated rings. The van der Waals surface area contributed by atoms with Crippen molar-refractivity contribution in [3.8, 4) is 29.0 Å². The summed E-state index contributed by atoms with van der Waals surface area (Å²) in [7, 11) is 0. The van der Waals surface area contributed by atoms with Crippen LogP contribution in [-0.2, 0) is 5.41 Å². The predicted molar refractivity (Wildman–Crippen MR) is 222 cm³/mol. The molecule has 10 rings (SSSR count). The Kier molecular flexibility index (Phi) is 7.44. The standard InChI is InChI=1S/C51H32N4/c52-33-35-30-31-47-42(32-35)40-22-8-12-27-46(40)55(47)50-36(34-53)16-15-23-41(50)39-21-7-11-26-45(39)54-48-28-13-9-24-43(48)51(37-17-3-1-4-18-37,38-19-5-2-6-20-38)44-25-10-14-29-49(44)54/h1-32H. The molecule has 0 unspecified atom stereocenters. The summed E-state index contributed by atoms with van der Waals surface area (Å²) in [6, 6.07) is 72.6. The van der Waals surface area contributed by atoms with Gasteiger partial charge in [0.15, 0.2) is 0 Å². The maximum absolute atomic E-state index is 10.8. The lowest BCUT2D eigenvalue weighted by Crippen LogP contribution is -2.37. The molecule has 1 aliphatic heterocycles. The Hall–Kier alpha value is -7.66. The van der Waals surface area contributed by atoms with Crippen molar-refractivity contribution in [1.29, 1.82) is 10.5 Å². The first-order valence-electron chi connectivity index (χ1n) is 18.4. The number of nitrogens with zero attached hydrogens (tertiary/aromatic N) is 4. The first kappa shape index (κ1) is 32.0. The molecule has 0 atom stereocenters. The van der Waals surface area contributed by atoms with E-state index < -0.39 is 5.41 Å². The van der Waals surface area contributed by atoms with Gasteiger partial charge in [-0.2, -0.15) is 10.5 Å². The van der Waals surface area contributed by atoms with Crippen LogP contribution >= 0.6 is 0 Å². The highest BCUT2D eigenvalue weighted by Gasteiger charge is 2.46. The van der Waals surface area contributed by atoms with Crippen LogP contribution in [0.25, 0.3) is 38.6 Å². The zero-order valence-electron chi connectivity index (χ0n) is 29.8. The van der Waals surface area contributed by atoms with Crippen molar-refractivity contribution in [2.75, 3.05) is 4.90 Å². The number of aromatic nitrogens is 1. The fourth-order valence-electron chi connectivity index (χ4n) is 8.94. The van der Waals surface area contributed by atoms with Gasteiger partial charge in [-0.25, -0.2) is 0 Å². The second-order valence-electron chi connectivity index (χ2n) is 13.9.